The van der Waals surface area contributed by atoms with Crippen LogP contribution in [0.2, 0.25) is 0 Å². The molecule has 0 aliphatic heterocycles. The van der Waals surface area contributed by atoms with Crippen LogP contribution >= 0.6 is 0 Å². The van der Waals surface area contributed by atoms with Crippen molar-refractivity contribution in [2.24, 2.45) is 0 Å². The number of nitrogens with one attached hydrogen (secondary N) is 1. The van der Waals surface area contributed by atoms with E-state index in [9.17, 15) is 13.2 Å². The summed E-state index contributed by atoms with van der Waals surface area (Å²) in [5.74, 6) is -1.10. The first kappa shape index (κ1) is 16.3. The van der Waals surface area contributed by atoms with Gasteiger partial charge in [-0.2, -0.15) is 0 Å². The van der Waals surface area contributed by atoms with Crippen LogP contribution in [0.4, 0.5) is 0 Å². The quantitative estimate of drug-likeness (QED) is 0.534. The fraction of sp³-hybridized carbons (Fsp3) is 0.900. The lowest BCUT2D eigenvalue weighted by atomic mass is 10.2. The van der Waals surface area contributed by atoms with Crippen molar-refractivity contribution in [1.29, 1.82) is 0 Å². The highest BCUT2D eigenvalue weighted by atomic mass is 32.2. The van der Waals surface area contributed by atoms with Crippen LogP contribution in [-0.2, 0) is 19.6 Å². The smallest absolute Gasteiger partial charge is 0.303 e. The summed E-state index contributed by atoms with van der Waals surface area (Å²) in [6.45, 7) is 1.09. The summed E-state index contributed by atoms with van der Waals surface area (Å²) in [5.41, 5.74) is 0. The average molecular weight is 267 g/mol. The first-order valence-electron chi connectivity index (χ1n) is 5.66. The van der Waals surface area contributed by atoms with Gasteiger partial charge in [-0.25, -0.2) is 13.1 Å². The second kappa shape index (κ2) is 9.38. The third-order valence-corrected chi connectivity index (χ3v) is 3.62. The summed E-state index contributed by atoms with van der Waals surface area (Å²) in [6.07, 6.45) is 2.62. The Morgan fingerprint density at radius 2 is 1.94 bits per heavy atom. The normalized spacial score (nSPS) is 11.6. The summed E-state index contributed by atoms with van der Waals surface area (Å²) in [7, 11) is -1.68. The molecule has 2 N–H and O–H groups in total. The Kier molecular flexibility index (Phi) is 9.01. The molecule has 0 bridgehead atoms. The molecule has 0 rings (SSSR count). The molecule has 0 saturated heterocycles. The molecule has 0 unspecified atom stereocenters. The Balaban J connectivity index is 3.54. The number of rotatable bonds is 11. The van der Waals surface area contributed by atoms with Gasteiger partial charge < -0.3 is 9.84 Å². The molecule has 0 aliphatic carbocycles. The van der Waals surface area contributed by atoms with E-state index in [0.717, 1.165) is 19.3 Å². The number of sulfonamides is 1. The first-order chi connectivity index (χ1) is 7.98. The van der Waals surface area contributed by atoms with Gasteiger partial charge >= 0.3 is 5.97 Å². The molecule has 0 aliphatic rings. The van der Waals surface area contributed by atoms with Crippen molar-refractivity contribution < 1.29 is 23.1 Å². The number of hydrogen-bond acceptors (Lipinski definition) is 4. The molecule has 102 valence electrons. The molecule has 0 spiro atoms. The van der Waals surface area contributed by atoms with E-state index in [1.807, 2.05) is 0 Å². The second-order valence-corrected chi connectivity index (χ2v) is 5.69. The molecule has 0 aromatic heterocycles. The second-order valence-electron chi connectivity index (χ2n) is 3.76. The monoisotopic (exact) mass is 267 g/mol. The van der Waals surface area contributed by atoms with Gasteiger partial charge in [-0.15, -0.1) is 0 Å². The van der Waals surface area contributed by atoms with Crippen LogP contribution in [0.3, 0.4) is 0 Å². The maximum atomic E-state index is 11.4. The standard InChI is InChI=1S/C10H21NO5S/c1-16-8-4-2-3-7-11-17(14,15)9-5-6-10(12)13/h11H,2-9H2,1H3,(H,12,13). The summed E-state index contributed by atoms with van der Waals surface area (Å²) < 4.78 is 30.1. The van der Waals surface area contributed by atoms with E-state index in [1.54, 1.807) is 7.11 Å². The topological polar surface area (TPSA) is 92.7 Å². The predicted octanol–water partition coefficient (Wildman–Crippen LogP) is 0.587. The number of carboxylic acids is 1. The molecule has 0 heterocycles. The van der Waals surface area contributed by atoms with Crippen LogP contribution in [0.5, 0.6) is 0 Å². The molecule has 0 radical (unpaired) electrons. The Bertz CT molecular complexity index is 302. The number of carboxylic acid groups (broad SMARTS) is 1. The van der Waals surface area contributed by atoms with Crippen LogP contribution in [0.25, 0.3) is 0 Å². The Morgan fingerprint density at radius 1 is 1.24 bits per heavy atom. The highest BCUT2D eigenvalue weighted by Crippen LogP contribution is 1.97. The summed E-state index contributed by atoms with van der Waals surface area (Å²) in [4.78, 5) is 10.2. The molecular formula is C10H21NO5S. The van der Waals surface area contributed by atoms with Gasteiger partial charge in [0.1, 0.15) is 0 Å². The fourth-order valence-corrected chi connectivity index (χ4v) is 2.39. The predicted molar refractivity (Wildman–Crippen MR) is 64.4 cm³/mol. The van der Waals surface area contributed by atoms with Crippen molar-refractivity contribution in [3.8, 4) is 0 Å². The van der Waals surface area contributed by atoms with Gasteiger partial charge in [0.05, 0.1) is 5.75 Å². The molecule has 7 heteroatoms. The average Bonchev–Trinajstić information content (AvgIpc) is 2.22. The summed E-state index contributed by atoms with van der Waals surface area (Å²) in [5, 5.41) is 8.38. The van der Waals surface area contributed by atoms with Crippen LogP contribution in [0.1, 0.15) is 32.1 Å². The van der Waals surface area contributed by atoms with Crippen molar-refractivity contribution in [3.05, 3.63) is 0 Å². The first-order valence-corrected chi connectivity index (χ1v) is 7.31. The zero-order chi connectivity index (χ0) is 13.1. The molecule has 17 heavy (non-hydrogen) atoms. The van der Waals surface area contributed by atoms with Gasteiger partial charge in [-0.1, -0.05) is 0 Å². The molecule has 0 aromatic rings. The minimum absolute atomic E-state index is 0.116. The number of methoxy groups -OCH3 is 1. The molecule has 0 saturated carbocycles. The highest BCUT2D eigenvalue weighted by molar-refractivity contribution is 7.89. The SMILES string of the molecule is COCCCCCNS(=O)(=O)CCCC(=O)O. The van der Waals surface area contributed by atoms with Crippen molar-refractivity contribution in [1.82, 2.24) is 4.72 Å². The van der Waals surface area contributed by atoms with Gasteiger partial charge in [0.2, 0.25) is 10.0 Å². The van der Waals surface area contributed by atoms with Crippen LogP contribution < -0.4 is 4.72 Å². The summed E-state index contributed by atoms with van der Waals surface area (Å²) in [6, 6.07) is 0. The van der Waals surface area contributed by atoms with Crippen molar-refractivity contribution in [2.45, 2.75) is 32.1 Å². The van der Waals surface area contributed by atoms with Crippen LogP contribution in [-0.4, -0.2) is 45.5 Å². The number of hydrogen-bond donors (Lipinski definition) is 2. The molecule has 0 amide bonds. The number of unbranched alkanes of at least 4 members (excludes halogenated alkanes) is 2. The number of carbonyl (C=O) groups is 1. The molecule has 0 aromatic carbocycles. The van der Waals surface area contributed by atoms with E-state index in [1.165, 1.54) is 0 Å². The van der Waals surface area contributed by atoms with Gasteiger partial charge in [0.25, 0.3) is 0 Å². The number of aliphatic carboxylic acids is 1. The maximum absolute atomic E-state index is 11.4. The fourth-order valence-electron chi connectivity index (χ4n) is 1.26. The minimum atomic E-state index is -3.31. The lowest BCUT2D eigenvalue weighted by molar-refractivity contribution is -0.137. The lowest BCUT2D eigenvalue weighted by Gasteiger charge is -2.05. The number of ether oxygens (including phenoxy) is 1. The van der Waals surface area contributed by atoms with Crippen LogP contribution in [0, 0.1) is 0 Å². The van der Waals surface area contributed by atoms with E-state index in [4.69, 9.17) is 9.84 Å². The molecule has 0 atom stereocenters. The van der Waals surface area contributed by atoms with E-state index >= 15 is 0 Å². The van der Waals surface area contributed by atoms with Gasteiger partial charge in [-0.3, -0.25) is 4.79 Å². The Hall–Kier alpha value is -0.660. The molecule has 6 nitrogen and oxygen atoms in total. The zero-order valence-electron chi connectivity index (χ0n) is 10.1. The zero-order valence-corrected chi connectivity index (χ0v) is 11.0. The van der Waals surface area contributed by atoms with Crippen LogP contribution in [0.15, 0.2) is 0 Å². The minimum Gasteiger partial charge on any atom is -0.481 e. The van der Waals surface area contributed by atoms with Crippen molar-refractivity contribution in [2.75, 3.05) is 26.0 Å². The largest absolute Gasteiger partial charge is 0.481 e. The molecular weight excluding hydrogens is 246 g/mol. The van der Waals surface area contributed by atoms with E-state index in [2.05, 4.69) is 4.72 Å². The van der Waals surface area contributed by atoms with E-state index in [0.29, 0.717) is 13.2 Å². The summed E-state index contributed by atoms with van der Waals surface area (Å²) >= 11 is 0. The molecule has 0 fully saturated rings. The van der Waals surface area contributed by atoms with E-state index < -0.39 is 16.0 Å². The van der Waals surface area contributed by atoms with Gasteiger partial charge in [0.15, 0.2) is 0 Å². The van der Waals surface area contributed by atoms with Gasteiger partial charge in [-0.05, 0) is 25.7 Å². The van der Waals surface area contributed by atoms with E-state index in [-0.39, 0.29) is 18.6 Å². The lowest BCUT2D eigenvalue weighted by Crippen LogP contribution is -2.27. The van der Waals surface area contributed by atoms with Crippen molar-refractivity contribution >= 4 is 16.0 Å². The Morgan fingerprint density at radius 3 is 2.53 bits per heavy atom. The van der Waals surface area contributed by atoms with Gasteiger partial charge in [0, 0.05) is 26.7 Å². The third kappa shape index (κ3) is 11.6. The maximum Gasteiger partial charge on any atom is 0.303 e. The van der Waals surface area contributed by atoms with Crippen molar-refractivity contribution in [3.63, 3.8) is 0 Å². The highest BCUT2D eigenvalue weighted by Gasteiger charge is 2.09. The Labute approximate surface area is 102 Å². The third-order valence-electron chi connectivity index (χ3n) is 2.15.